The minimum Gasteiger partial charge on any atom is -0.356 e. The van der Waals surface area contributed by atoms with E-state index in [2.05, 4.69) is 5.32 Å². The lowest BCUT2D eigenvalue weighted by Crippen LogP contribution is -2.47. The standard InChI is InChI=1S/C11H19N3O2/c1-13(2)10(16)14-5-3-11(4-6-14)7-9(15)12-8-11/h3-8H2,1-2H3,(H,12,15). The van der Waals surface area contributed by atoms with Crippen molar-refractivity contribution in [1.82, 2.24) is 15.1 Å². The van der Waals surface area contributed by atoms with E-state index in [0.717, 1.165) is 32.5 Å². The molecule has 0 aromatic rings. The highest BCUT2D eigenvalue weighted by atomic mass is 16.2. The Balaban J connectivity index is 1.92. The summed E-state index contributed by atoms with van der Waals surface area (Å²) in [4.78, 5) is 26.5. The molecule has 2 heterocycles. The average molecular weight is 225 g/mol. The Kier molecular flexibility index (Phi) is 2.78. The Morgan fingerprint density at radius 3 is 2.44 bits per heavy atom. The molecule has 2 aliphatic rings. The molecule has 0 aromatic heterocycles. The number of piperidine rings is 1. The topological polar surface area (TPSA) is 52.7 Å². The normalized spacial score (nSPS) is 23.4. The molecule has 5 nitrogen and oxygen atoms in total. The van der Waals surface area contributed by atoms with Gasteiger partial charge in [0.15, 0.2) is 0 Å². The highest BCUT2D eigenvalue weighted by molar-refractivity contribution is 5.79. The quantitative estimate of drug-likeness (QED) is 0.643. The monoisotopic (exact) mass is 225 g/mol. The number of hydrogen-bond donors (Lipinski definition) is 1. The van der Waals surface area contributed by atoms with Gasteiger partial charge in [0, 0.05) is 40.2 Å². The van der Waals surface area contributed by atoms with Crippen LogP contribution in [-0.4, -0.2) is 55.5 Å². The molecule has 0 saturated carbocycles. The van der Waals surface area contributed by atoms with E-state index in [0.29, 0.717) is 6.42 Å². The van der Waals surface area contributed by atoms with Crippen molar-refractivity contribution in [1.29, 1.82) is 0 Å². The average Bonchev–Trinajstić information content (AvgIpc) is 2.60. The van der Waals surface area contributed by atoms with Gasteiger partial charge in [-0.25, -0.2) is 4.79 Å². The highest BCUT2D eigenvalue weighted by Crippen LogP contribution is 2.37. The second-order valence-electron chi connectivity index (χ2n) is 5.12. The number of nitrogens with zero attached hydrogens (tertiary/aromatic N) is 2. The van der Waals surface area contributed by atoms with Crippen LogP contribution in [-0.2, 0) is 4.79 Å². The van der Waals surface area contributed by atoms with E-state index in [1.807, 2.05) is 4.90 Å². The maximum atomic E-state index is 11.7. The fourth-order valence-electron chi connectivity index (χ4n) is 2.56. The van der Waals surface area contributed by atoms with Crippen molar-refractivity contribution in [3.63, 3.8) is 0 Å². The first kappa shape index (κ1) is 11.2. The van der Waals surface area contributed by atoms with Gasteiger partial charge in [-0.3, -0.25) is 4.79 Å². The van der Waals surface area contributed by atoms with Crippen LogP contribution < -0.4 is 5.32 Å². The third-order valence-electron chi connectivity index (χ3n) is 3.67. The van der Waals surface area contributed by atoms with Gasteiger partial charge in [0.05, 0.1) is 0 Å². The lowest BCUT2D eigenvalue weighted by molar-refractivity contribution is -0.119. The fraction of sp³-hybridized carbons (Fsp3) is 0.818. The Morgan fingerprint density at radius 2 is 2.00 bits per heavy atom. The predicted octanol–water partition coefficient (Wildman–Crippen LogP) is 0.270. The van der Waals surface area contributed by atoms with E-state index < -0.39 is 0 Å². The second kappa shape index (κ2) is 3.96. The SMILES string of the molecule is CN(C)C(=O)N1CCC2(CC1)CNC(=O)C2. The van der Waals surface area contributed by atoms with Crippen molar-refractivity contribution < 1.29 is 9.59 Å². The first-order valence-corrected chi connectivity index (χ1v) is 5.75. The zero-order chi connectivity index (χ0) is 11.8. The first-order chi connectivity index (χ1) is 7.52. The highest BCUT2D eigenvalue weighted by Gasteiger charge is 2.41. The summed E-state index contributed by atoms with van der Waals surface area (Å²) in [5.41, 5.74) is 0.125. The number of carbonyl (C=O) groups excluding carboxylic acids is 2. The zero-order valence-corrected chi connectivity index (χ0v) is 9.95. The lowest BCUT2D eigenvalue weighted by Gasteiger charge is -2.39. The summed E-state index contributed by atoms with van der Waals surface area (Å²) in [6.45, 7) is 2.33. The van der Waals surface area contributed by atoms with Gasteiger partial charge >= 0.3 is 6.03 Å². The molecule has 3 amide bonds. The summed E-state index contributed by atoms with van der Waals surface area (Å²) in [5.74, 6) is 0.160. The Bertz CT molecular complexity index is 306. The number of amides is 3. The van der Waals surface area contributed by atoms with Gasteiger partial charge in [-0.15, -0.1) is 0 Å². The van der Waals surface area contributed by atoms with Crippen LogP contribution in [0.1, 0.15) is 19.3 Å². The van der Waals surface area contributed by atoms with Crippen LogP contribution in [0.3, 0.4) is 0 Å². The summed E-state index contributed by atoms with van der Waals surface area (Å²) in [6, 6.07) is 0.0760. The molecule has 1 N–H and O–H groups in total. The lowest BCUT2D eigenvalue weighted by atomic mass is 9.78. The Labute approximate surface area is 95.8 Å². The molecule has 90 valence electrons. The number of rotatable bonds is 0. The molecule has 2 rings (SSSR count). The maximum Gasteiger partial charge on any atom is 0.319 e. The van der Waals surface area contributed by atoms with E-state index in [1.54, 1.807) is 19.0 Å². The third kappa shape index (κ3) is 1.99. The van der Waals surface area contributed by atoms with Gasteiger partial charge in [-0.05, 0) is 18.3 Å². The molecule has 1 spiro atoms. The van der Waals surface area contributed by atoms with Crippen molar-refractivity contribution in [3.05, 3.63) is 0 Å². The van der Waals surface area contributed by atoms with Crippen LogP contribution in [0.2, 0.25) is 0 Å². The van der Waals surface area contributed by atoms with Crippen LogP contribution in [0.4, 0.5) is 4.79 Å². The maximum absolute atomic E-state index is 11.7. The zero-order valence-electron chi connectivity index (χ0n) is 9.95. The van der Waals surface area contributed by atoms with Crippen molar-refractivity contribution in [3.8, 4) is 0 Å². The second-order valence-corrected chi connectivity index (χ2v) is 5.12. The van der Waals surface area contributed by atoms with Crippen molar-refractivity contribution in [2.24, 2.45) is 5.41 Å². The number of hydrogen-bond acceptors (Lipinski definition) is 2. The minimum absolute atomic E-state index is 0.0760. The van der Waals surface area contributed by atoms with Gasteiger partial charge in [0.2, 0.25) is 5.91 Å². The van der Waals surface area contributed by atoms with Crippen LogP contribution in [0.15, 0.2) is 0 Å². The van der Waals surface area contributed by atoms with Crippen molar-refractivity contribution in [2.75, 3.05) is 33.7 Å². The van der Waals surface area contributed by atoms with Crippen LogP contribution >= 0.6 is 0 Å². The van der Waals surface area contributed by atoms with Gasteiger partial charge in [0.1, 0.15) is 0 Å². The summed E-state index contributed by atoms with van der Waals surface area (Å²) in [7, 11) is 3.54. The number of likely N-dealkylation sites (tertiary alicyclic amines) is 1. The Hall–Kier alpha value is -1.26. The summed E-state index contributed by atoms with van der Waals surface area (Å²) >= 11 is 0. The number of nitrogens with one attached hydrogen (secondary N) is 1. The summed E-state index contributed by atoms with van der Waals surface area (Å²) < 4.78 is 0. The van der Waals surface area contributed by atoms with E-state index in [4.69, 9.17) is 0 Å². The van der Waals surface area contributed by atoms with Crippen molar-refractivity contribution in [2.45, 2.75) is 19.3 Å². The molecule has 0 atom stereocenters. The molecule has 0 bridgehead atoms. The molecule has 2 fully saturated rings. The summed E-state index contributed by atoms with van der Waals surface area (Å²) in [5, 5.41) is 2.89. The van der Waals surface area contributed by atoms with E-state index >= 15 is 0 Å². The van der Waals surface area contributed by atoms with E-state index in [9.17, 15) is 9.59 Å². The molecule has 0 aromatic carbocycles. The minimum atomic E-state index is 0.0760. The molecule has 16 heavy (non-hydrogen) atoms. The Morgan fingerprint density at radius 1 is 1.38 bits per heavy atom. The molecule has 5 heteroatoms. The van der Waals surface area contributed by atoms with E-state index in [-0.39, 0.29) is 17.4 Å². The smallest absolute Gasteiger partial charge is 0.319 e. The molecular weight excluding hydrogens is 206 g/mol. The van der Waals surface area contributed by atoms with Gasteiger partial charge in [-0.2, -0.15) is 0 Å². The summed E-state index contributed by atoms with van der Waals surface area (Å²) in [6.07, 6.45) is 2.51. The van der Waals surface area contributed by atoms with E-state index in [1.165, 1.54) is 0 Å². The van der Waals surface area contributed by atoms with Crippen LogP contribution in [0.5, 0.6) is 0 Å². The molecular formula is C11H19N3O2. The predicted molar refractivity (Wildman–Crippen MR) is 59.9 cm³/mol. The van der Waals surface area contributed by atoms with Crippen LogP contribution in [0, 0.1) is 5.41 Å². The first-order valence-electron chi connectivity index (χ1n) is 5.75. The van der Waals surface area contributed by atoms with Gasteiger partial charge in [-0.1, -0.05) is 0 Å². The number of urea groups is 1. The van der Waals surface area contributed by atoms with Crippen molar-refractivity contribution >= 4 is 11.9 Å². The number of carbonyl (C=O) groups is 2. The largest absolute Gasteiger partial charge is 0.356 e. The van der Waals surface area contributed by atoms with Gasteiger partial charge in [0.25, 0.3) is 0 Å². The molecule has 2 saturated heterocycles. The molecule has 0 radical (unpaired) electrons. The molecule has 0 unspecified atom stereocenters. The third-order valence-corrected chi connectivity index (χ3v) is 3.67. The van der Waals surface area contributed by atoms with Gasteiger partial charge < -0.3 is 15.1 Å². The van der Waals surface area contributed by atoms with Crippen LogP contribution in [0.25, 0.3) is 0 Å². The molecule has 0 aliphatic carbocycles. The molecule has 2 aliphatic heterocycles. The fourth-order valence-corrected chi connectivity index (χ4v) is 2.56.